The molecule has 1 atom stereocenters. The van der Waals surface area contributed by atoms with E-state index in [0.29, 0.717) is 5.25 Å². The minimum atomic E-state index is -0.394. The van der Waals surface area contributed by atoms with Crippen LogP contribution in [0.15, 0.2) is 41.3 Å². The summed E-state index contributed by atoms with van der Waals surface area (Å²) >= 11 is 7.06. The summed E-state index contributed by atoms with van der Waals surface area (Å²) in [5, 5.41) is -0.0166. The first kappa shape index (κ1) is 10.8. The molecule has 0 amide bonds. The van der Waals surface area contributed by atoms with Gasteiger partial charge < -0.3 is 0 Å². The molecule has 1 unspecified atom stereocenters. The molecular formula is C12H11ClOS. The van der Waals surface area contributed by atoms with E-state index >= 15 is 0 Å². The summed E-state index contributed by atoms with van der Waals surface area (Å²) in [6.45, 7) is 0. The number of benzene rings is 1. The van der Waals surface area contributed by atoms with Gasteiger partial charge >= 0.3 is 0 Å². The zero-order valence-corrected chi connectivity index (χ0v) is 9.72. The number of hydrogen-bond acceptors (Lipinski definition) is 2. The van der Waals surface area contributed by atoms with E-state index in [2.05, 4.69) is 18.2 Å². The van der Waals surface area contributed by atoms with Gasteiger partial charge in [0, 0.05) is 10.1 Å². The van der Waals surface area contributed by atoms with E-state index in [0.717, 1.165) is 12.8 Å². The zero-order chi connectivity index (χ0) is 10.7. The van der Waals surface area contributed by atoms with Crippen molar-refractivity contribution in [2.75, 3.05) is 0 Å². The van der Waals surface area contributed by atoms with Crippen molar-refractivity contribution in [3.63, 3.8) is 0 Å². The van der Waals surface area contributed by atoms with Crippen molar-refractivity contribution < 1.29 is 4.79 Å². The van der Waals surface area contributed by atoms with Crippen molar-refractivity contribution >= 4 is 28.6 Å². The summed E-state index contributed by atoms with van der Waals surface area (Å²) in [6, 6.07) is 8.40. The summed E-state index contributed by atoms with van der Waals surface area (Å²) < 4.78 is 0. The molecule has 0 aliphatic carbocycles. The van der Waals surface area contributed by atoms with Gasteiger partial charge in [-0.1, -0.05) is 24.3 Å². The van der Waals surface area contributed by atoms with E-state index in [-0.39, 0.29) is 0 Å². The number of allylic oxidation sites excluding steroid dienone is 1. The lowest BCUT2D eigenvalue weighted by atomic mass is 10.1. The molecule has 1 aliphatic heterocycles. The first-order valence-corrected chi connectivity index (χ1v) is 6.14. The Kier molecular flexibility index (Phi) is 3.49. The maximum Gasteiger partial charge on any atom is 0.244 e. The number of fused-ring (bicyclic) bond motifs is 1. The van der Waals surface area contributed by atoms with Gasteiger partial charge in [0.15, 0.2) is 0 Å². The molecule has 0 radical (unpaired) electrons. The Labute approximate surface area is 98.5 Å². The number of carbonyl (C=O) groups excluding carboxylic acids is 1. The molecule has 0 N–H and O–H groups in total. The lowest BCUT2D eigenvalue weighted by Crippen LogP contribution is -2.08. The van der Waals surface area contributed by atoms with Crippen LogP contribution in [-0.2, 0) is 11.2 Å². The van der Waals surface area contributed by atoms with Crippen LogP contribution in [0, 0.1) is 0 Å². The summed E-state index contributed by atoms with van der Waals surface area (Å²) in [5.74, 6) is 0. The van der Waals surface area contributed by atoms with Crippen LogP contribution in [-0.4, -0.2) is 10.5 Å². The number of aryl methyl sites for hydroxylation is 1. The van der Waals surface area contributed by atoms with Crippen LogP contribution in [0.25, 0.3) is 0 Å². The maximum absolute atomic E-state index is 10.6. The number of carbonyl (C=O) groups is 1. The van der Waals surface area contributed by atoms with E-state index in [4.69, 9.17) is 11.6 Å². The van der Waals surface area contributed by atoms with Gasteiger partial charge in [0.05, 0.1) is 0 Å². The van der Waals surface area contributed by atoms with Gasteiger partial charge in [0.1, 0.15) is 0 Å². The fourth-order valence-electron chi connectivity index (χ4n) is 1.66. The Morgan fingerprint density at radius 1 is 1.47 bits per heavy atom. The van der Waals surface area contributed by atoms with Crippen LogP contribution in [0.5, 0.6) is 0 Å². The van der Waals surface area contributed by atoms with Crippen LogP contribution < -0.4 is 0 Å². The van der Waals surface area contributed by atoms with Crippen molar-refractivity contribution in [2.24, 2.45) is 0 Å². The third-order valence-electron chi connectivity index (χ3n) is 2.39. The molecule has 1 aromatic rings. The molecule has 2 rings (SSSR count). The second-order valence-corrected chi connectivity index (χ2v) is 5.12. The van der Waals surface area contributed by atoms with Gasteiger partial charge in [-0.2, -0.15) is 0 Å². The molecule has 1 aliphatic rings. The molecular weight excluding hydrogens is 228 g/mol. The van der Waals surface area contributed by atoms with E-state index in [9.17, 15) is 4.79 Å². The second-order valence-electron chi connectivity index (χ2n) is 3.47. The molecule has 0 bridgehead atoms. The predicted molar refractivity (Wildman–Crippen MR) is 64.4 cm³/mol. The minimum Gasteiger partial charge on any atom is -0.276 e. The van der Waals surface area contributed by atoms with E-state index in [1.165, 1.54) is 16.5 Å². The highest BCUT2D eigenvalue weighted by Gasteiger charge is 2.16. The normalized spacial score (nSPS) is 20.2. The van der Waals surface area contributed by atoms with Crippen molar-refractivity contribution in [1.29, 1.82) is 0 Å². The summed E-state index contributed by atoms with van der Waals surface area (Å²) in [6.07, 6.45) is 5.50. The molecule has 1 heterocycles. The molecule has 1 nitrogen and oxygen atoms in total. The second kappa shape index (κ2) is 4.86. The first-order valence-electron chi connectivity index (χ1n) is 4.88. The van der Waals surface area contributed by atoms with Crippen LogP contribution in [0.3, 0.4) is 0 Å². The fraction of sp³-hybridized carbons (Fsp3) is 0.250. The van der Waals surface area contributed by atoms with Gasteiger partial charge in [-0.05, 0) is 42.1 Å². The number of halogens is 1. The third-order valence-corrected chi connectivity index (χ3v) is 3.86. The first-order chi connectivity index (χ1) is 7.25. The van der Waals surface area contributed by atoms with Gasteiger partial charge in [-0.25, -0.2) is 0 Å². The molecule has 0 fully saturated rings. The highest BCUT2D eigenvalue weighted by molar-refractivity contribution is 8.00. The Morgan fingerprint density at radius 2 is 2.27 bits per heavy atom. The SMILES string of the molecule is O=C(Cl)C=CC1CCc2ccccc2S1. The molecule has 78 valence electrons. The Bertz CT molecular complexity index is 400. The molecule has 3 heteroatoms. The zero-order valence-electron chi connectivity index (χ0n) is 8.15. The van der Waals surface area contributed by atoms with E-state index in [1.54, 1.807) is 11.8 Å². The average Bonchev–Trinajstić information content (AvgIpc) is 2.26. The largest absolute Gasteiger partial charge is 0.276 e. The fourth-order valence-corrected chi connectivity index (χ4v) is 2.93. The van der Waals surface area contributed by atoms with Crippen LogP contribution >= 0.6 is 23.4 Å². The van der Waals surface area contributed by atoms with Gasteiger partial charge in [0.2, 0.25) is 5.24 Å². The van der Waals surface area contributed by atoms with Gasteiger partial charge in [0.25, 0.3) is 0 Å². The molecule has 1 aromatic carbocycles. The van der Waals surface area contributed by atoms with Gasteiger partial charge in [-0.15, -0.1) is 11.8 Å². The maximum atomic E-state index is 10.6. The predicted octanol–water partition coefficient (Wildman–Crippen LogP) is 3.42. The smallest absolute Gasteiger partial charge is 0.244 e. The van der Waals surface area contributed by atoms with Crippen LogP contribution in [0.4, 0.5) is 0 Å². The standard InChI is InChI=1S/C12H11ClOS/c13-12(14)8-7-10-6-5-9-3-1-2-4-11(9)15-10/h1-4,7-8,10H,5-6H2. The molecule has 15 heavy (non-hydrogen) atoms. The lowest BCUT2D eigenvalue weighted by molar-refractivity contribution is -0.107. The average molecular weight is 239 g/mol. The topological polar surface area (TPSA) is 17.1 Å². The van der Waals surface area contributed by atoms with Crippen molar-refractivity contribution in [2.45, 2.75) is 23.0 Å². The Morgan fingerprint density at radius 3 is 3.07 bits per heavy atom. The minimum absolute atomic E-state index is 0.377. The lowest BCUT2D eigenvalue weighted by Gasteiger charge is -2.21. The van der Waals surface area contributed by atoms with Crippen LogP contribution in [0.2, 0.25) is 0 Å². The quantitative estimate of drug-likeness (QED) is 0.580. The number of hydrogen-bond donors (Lipinski definition) is 0. The van der Waals surface area contributed by atoms with Crippen molar-refractivity contribution in [1.82, 2.24) is 0 Å². The molecule has 0 saturated carbocycles. The van der Waals surface area contributed by atoms with E-state index < -0.39 is 5.24 Å². The number of thioether (sulfide) groups is 1. The van der Waals surface area contributed by atoms with Crippen molar-refractivity contribution in [3.8, 4) is 0 Å². The van der Waals surface area contributed by atoms with E-state index in [1.807, 2.05) is 12.1 Å². The molecule has 0 aromatic heterocycles. The van der Waals surface area contributed by atoms with Gasteiger partial charge in [-0.3, -0.25) is 4.79 Å². The monoisotopic (exact) mass is 238 g/mol. The Balaban J connectivity index is 2.09. The number of rotatable bonds is 2. The summed E-state index contributed by atoms with van der Waals surface area (Å²) in [5.41, 5.74) is 1.41. The van der Waals surface area contributed by atoms with Crippen molar-refractivity contribution in [3.05, 3.63) is 42.0 Å². The molecule has 0 saturated heterocycles. The summed E-state index contributed by atoms with van der Waals surface area (Å²) in [4.78, 5) is 11.9. The Hall–Kier alpha value is -0.730. The third kappa shape index (κ3) is 2.86. The highest BCUT2D eigenvalue weighted by Crippen LogP contribution is 2.35. The molecule has 0 spiro atoms. The van der Waals surface area contributed by atoms with Crippen LogP contribution in [0.1, 0.15) is 12.0 Å². The summed E-state index contributed by atoms with van der Waals surface area (Å²) in [7, 11) is 0. The highest BCUT2D eigenvalue weighted by atomic mass is 35.5.